The molecule has 0 N–H and O–H groups in total. The molecule has 1 aromatic rings. The van der Waals surface area contributed by atoms with Crippen molar-refractivity contribution in [2.75, 3.05) is 0 Å². The Labute approximate surface area is 99.5 Å². The third-order valence-corrected chi connectivity index (χ3v) is 2.35. The topological polar surface area (TPSA) is 69.4 Å². The molecule has 1 aromatic carbocycles. The number of benzene rings is 1. The molecule has 0 amide bonds. The summed E-state index contributed by atoms with van der Waals surface area (Å²) in [5.74, 6) is 0.395. The Morgan fingerprint density at radius 3 is 2.76 bits per heavy atom. The lowest BCUT2D eigenvalue weighted by Crippen LogP contribution is -2.12. The van der Waals surface area contributed by atoms with Crippen LogP contribution in [0, 0.1) is 10.1 Å². The number of nitro benzene ring substituents is 1. The number of carbonyl (C=O) groups is 1. The van der Waals surface area contributed by atoms with Crippen LogP contribution in [0.4, 0.5) is 5.69 Å². The summed E-state index contributed by atoms with van der Waals surface area (Å²) in [6, 6.07) is 4.02. The molecule has 0 aliphatic heterocycles. The highest BCUT2D eigenvalue weighted by atomic mass is 16.6. The second-order valence-corrected chi connectivity index (χ2v) is 3.81. The molecule has 0 heterocycles. The molecule has 92 valence electrons. The molecule has 0 radical (unpaired) electrons. The Morgan fingerprint density at radius 1 is 1.53 bits per heavy atom. The van der Waals surface area contributed by atoms with Gasteiger partial charge in [-0.3, -0.25) is 14.9 Å². The van der Waals surface area contributed by atoms with Crippen molar-refractivity contribution in [1.82, 2.24) is 0 Å². The first-order valence-corrected chi connectivity index (χ1v) is 5.48. The van der Waals surface area contributed by atoms with Crippen molar-refractivity contribution in [1.29, 1.82) is 0 Å². The van der Waals surface area contributed by atoms with E-state index >= 15 is 0 Å². The van der Waals surface area contributed by atoms with Gasteiger partial charge in [-0.15, -0.1) is 0 Å². The monoisotopic (exact) mass is 237 g/mol. The van der Waals surface area contributed by atoms with Crippen LogP contribution in [0.1, 0.15) is 37.0 Å². The highest BCUT2D eigenvalue weighted by molar-refractivity contribution is 5.80. The Hall–Kier alpha value is -1.91. The molecule has 5 nitrogen and oxygen atoms in total. The Balaban J connectivity index is 2.92. The molecule has 0 saturated carbocycles. The minimum absolute atomic E-state index is 0.0137. The predicted molar refractivity (Wildman–Crippen MR) is 63.5 cm³/mol. The lowest BCUT2D eigenvalue weighted by atomic mass is 10.2. The number of nitro groups is 1. The van der Waals surface area contributed by atoms with Gasteiger partial charge in [0.05, 0.1) is 16.6 Å². The molecule has 0 aliphatic rings. The van der Waals surface area contributed by atoms with Crippen LogP contribution < -0.4 is 4.74 Å². The first-order chi connectivity index (χ1) is 8.08. The van der Waals surface area contributed by atoms with Crippen molar-refractivity contribution in [2.24, 2.45) is 0 Å². The Morgan fingerprint density at radius 2 is 2.24 bits per heavy atom. The first-order valence-electron chi connectivity index (χ1n) is 5.48. The fraction of sp³-hybridized carbons (Fsp3) is 0.417. The molecule has 0 saturated heterocycles. The van der Waals surface area contributed by atoms with Crippen LogP contribution in [-0.4, -0.2) is 17.3 Å². The zero-order valence-corrected chi connectivity index (χ0v) is 9.88. The highest BCUT2D eigenvalue weighted by Gasteiger charge is 2.13. The van der Waals surface area contributed by atoms with Crippen LogP contribution in [0.25, 0.3) is 0 Å². The normalized spacial score (nSPS) is 11.9. The van der Waals surface area contributed by atoms with Crippen LogP contribution in [0.3, 0.4) is 0 Å². The van der Waals surface area contributed by atoms with Gasteiger partial charge in [-0.1, -0.05) is 13.3 Å². The molecule has 1 atom stereocenters. The zero-order chi connectivity index (χ0) is 12.8. The van der Waals surface area contributed by atoms with E-state index in [0.29, 0.717) is 12.0 Å². The van der Waals surface area contributed by atoms with Gasteiger partial charge in [-0.25, -0.2) is 0 Å². The summed E-state index contributed by atoms with van der Waals surface area (Å²) in [6.07, 6.45) is 2.40. The summed E-state index contributed by atoms with van der Waals surface area (Å²) >= 11 is 0. The van der Waals surface area contributed by atoms with Gasteiger partial charge < -0.3 is 4.74 Å². The van der Waals surface area contributed by atoms with Crippen molar-refractivity contribution < 1.29 is 14.5 Å². The predicted octanol–water partition coefficient (Wildman–Crippen LogP) is 2.97. The number of aldehydes is 1. The first kappa shape index (κ1) is 13.2. The van der Waals surface area contributed by atoms with Crippen LogP contribution >= 0.6 is 0 Å². The van der Waals surface area contributed by atoms with Crippen molar-refractivity contribution in [3.8, 4) is 5.75 Å². The number of carbonyl (C=O) groups excluding carboxylic acids is 1. The summed E-state index contributed by atoms with van der Waals surface area (Å²) in [4.78, 5) is 20.9. The maximum atomic E-state index is 10.8. The van der Waals surface area contributed by atoms with Gasteiger partial charge in [0, 0.05) is 12.1 Å². The highest BCUT2D eigenvalue weighted by Crippen LogP contribution is 2.24. The summed E-state index contributed by atoms with van der Waals surface area (Å²) in [5, 5.41) is 10.6. The van der Waals surface area contributed by atoms with Crippen molar-refractivity contribution in [3.63, 3.8) is 0 Å². The largest absolute Gasteiger partial charge is 0.490 e. The second kappa shape index (κ2) is 5.98. The van der Waals surface area contributed by atoms with Crippen molar-refractivity contribution in [3.05, 3.63) is 33.9 Å². The number of hydrogen-bond acceptors (Lipinski definition) is 4. The Kier molecular flexibility index (Phi) is 4.63. The number of ether oxygens (including phenoxy) is 1. The second-order valence-electron chi connectivity index (χ2n) is 3.81. The van der Waals surface area contributed by atoms with E-state index in [1.54, 1.807) is 0 Å². The maximum Gasteiger partial charge on any atom is 0.270 e. The lowest BCUT2D eigenvalue weighted by Gasteiger charge is -2.14. The summed E-state index contributed by atoms with van der Waals surface area (Å²) < 4.78 is 5.56. The van der Waals surface area contributed by atoms with Gasteiger partial charge in [0.15, 0.2) is 6.29 Å². The third kappa shape index (κ3) is 3.55. The molecule has 0 aromatic heterocycles. The van der Waals surface area contributed by atoms with E-state index in [-0.39, 0.29) is 17.4 Å². The third-order valence-electron chi connectivity index (χ3n) is 2.35. The zero-order valence-electron chi connectivity index (χ0n) is 9.88. The van der Waals surface area contributed by atoms with Gasteiger partial charge in [0.1, 0.15) is 5.75 Å². The minimum Gasteiger partial charge on any atom is -0.490 e. The summed E-state index contributed by atoms with van der Waals surface area (Å²) in [6.45, 7) is 3.94. The molecule has 5 heteroatoms. The molecular formula is C12H15NO4. The lowest BCUT2D eigenvalue weighted by molar-refractivity contribution is -0.384. The summed E-state index contributed by atoms with van der Waals surface area (Å²) in [5.41, 5.74) is 0.102. The average Bonchev–Trinajstić information content (AvgIpc) is 2.29. The van der Waals surface area contributed by atoms with Gasteiger partial charge in [0.25, 0.3) is 5.69 Å². The summed E-state index contributed by atoms with van der Waals surface area (Å²) in [7, 11) is 0. The van der Waals surface area contributed by atoms with Gasteiger partial charge in [-0.2, -0.15) is 0 Å². The molecule has 0 fully saturated rings. The van der Waals surface area contributed by atoms with E-state index < -0.39 is 4.92 Å². The minimum atomic E-state index is -0.535. The van der Waals surface area contributed by atoms with E-state index in [2.05, 4.69) is 0 Å². The van der Waals surface area contributed by atoms with Gasteiger partial charge in [-0.05, 0) is 19.4 Å². The molecule has 0 aliphatic carbocycles. The van der Waals surface area contributed by atoms with Crippen LogP contribution in [-0.2, 0) is 0 Å². The van der Waals surface area contributed by atoms with Crippen molar-refractivity contribution in [2.45, 2.75) is 32.8 Å². The maximum absolute atomic E-state index is 10.8. The van der Waals surface area contributed by atoms with E-state index in [1.165, 1.54) is 18.2 Å². The average molecular weight is 237 g/mol. The molecule has 1 unspecified atom stereocenters. The standard InChI is InChI=1S/C12H15NO4/c1-3-4-9(2)17-12-6-5-11(13(15)16)7-10(12)8-14/h5-9H,3-4H2,1-2H3. The van der Waals surface area contributed by atoms with Crippen molar-refractivity contribution >= 4 is 12.0 Å². The number of non-ortho nitro benzene ring substituents is 1. The molecule has 1 rings (SSSR count). The smallest absolute Gasteiger partial charge is 0.270 e. The van der Waals surface area contributed by atoms with Gasteiger partial charge >= 0.3 is 0 Å². The number of nitrogens with zero attached hydrogens (tertiary/aromatic N) is 1. The van der Waals surface area contributed by atoms with Crippen LogP contribution in [0.15, 0.2) is 18.2 Å². The van der Waals surface area contributed by atoms with Crippen LogP contribution in [0.5, 0.6) is 5.75 Å². The SMILES string of the molecule is CCCC(C)Oc1ccc([N+](=O)[O-])cc1C=O. The molecular weight excluding hydrogens is 222 g/mol. The molecule has 17 heavy (non-hydrogen) atoms. The Bertz CT molecular complexity index is 417. The number of rotatable bonds is 6. The quantitative estimate of drug-likeness (QED) is 0.433. The van der Waals surface area contributed by atoms with E-state index in [0.717, 1.165) is 12.8 Å². The van der Waals surface area contributed by atoms with E-state index in [4.69, 9.17) is 4.74 Å². The molecule has 0 spiro atoms. The van der Waals surface area contributed by atoms with E-state index in [9.17, 15) is 14.9 Å². The number of hydrogen-bond donors (Lipinski definition) is 0. The van der Waals surface area contributed by atoms with E-state index in [1.807, 2.05) is 13.8 Å². The molecule has 0 bridgehead atoms. The fourth-order valence-corrected chi connectivity index (χ4v) is 1.53. The van der Waals surface area contributed by atoms with Gasteiger partial charge in [0.2, 0.25) is 0 Å². The fourth-order valence-electron chi connectivity index (χ4n) is 1.53. The van der Waals surface area contributed by atoms with Crippen LogP contribution in [0.2, 0.25) is 0 Å².